The summed E-state index contributed by atoms with van der Waals surface area (Å²) in [4.78, 5) is 68.1. The van der Waals surface area contributed by atoms with E-state index >= 15 is 4.79 Å². The minimum Gasteiger partial charge on any atom is -0.496 e. The van der Waals surface area contributed by atoms with E-state index in [1.807, 2.05) is 74.3 Å². The number of hydrogen-bond donors (Lipinski definition) is 3. The maximum Gasteiger partial charge on any atom is 0.573 e. The van der Waals surface area contributed by atoms with Gasteiger partial charge in [-0.3, -0.25) is 19.3 Å². The van der Waals surface area contributed by atoms with E-state index in [1.165, 1.54) is 47.5 Å². The van der Waals surface area contributed by atoms with Crippen molar-refractivity contribution in [3.63, 3.8) is 0 Å². The highest BCUT2D eigenvalue weighted by atomic mass is 19.4. The van der Waals surface area contributed by atoms with Gasteiger partial charge in [-0.25, -0.2) is 4.79 Å². The zero-order valence-electron chi connectivity index (χ0n) is 42.9. The van der Waals surface area contributed by atoms with E-state index in [1.54, 1.807) is 0 Å². The molecule has 74 heavy (non-hydrogen) atoms. The topological polar surface area (TPSA) is 181 Å². The number of aromatic nitrogens is 1. The Morgan fingerprint density at radius 2 is 1.62 bits per heavy atom. The first-order valence-electron chi connectivity index (χ1n) is 25.3. The van der Waals surface area contributed by atoms with Crippen molar-refractivity contribution in [2.24, 2.45) is 11.3 Å². The van der Waals surface area contributed by atoms with Gasteiger partial charge in [0.25, 0.3) is 5.91 Å². The van der Waals surface area contributed by atoms with E-state index in [-0.39, 0.29) is 23.7 Å². The fourth-order valence-electron chi connectivity index (χ4n) is 15.0. The molecular weight excluding hydrogens is 964 g/mol. The lowest BCUT2D eigenvalue weighted by atomic mass is 9.47. The normalized spacial score (nSPS) is 31.9. The number of aliphatic hydroxyl groups is 1. The Morgan fingerprint density at radius 3 is 2.30 bits per heavy atom. The number of benzene rings is 3. The number of methoxy groups -OCH3 is 4. The first kappa shape index (κ1) is 51.2. The highest BCUT2D eigenvalue weighted by Gasteiger charge is 2.80. The van der Waals surface area contributed by atoms with Gasteiger partial charge in [0.2, 0.25) is 5.60 Å². The number of carbonyl (C=O) groups is 4. The lowest BCUT2D eigenvalue weighted by Gasteiger charge is -2.63. The summed E-state index contributed by atoms with van der Waals surface area (Å²) < 4.78 is 74.1. The van der Waals surface area contributed by atoms with Crippen molar-refractivity contribution in [3.8, 4) is 17.2 Å². The van der Waals surface area contributed by atoms with Gasteiger partial charge in [-0.1, -0.05) is 44.2 Å². The third kappa shape index (κ3) is 7.40. The summed E-state index contributed by atoms with van der Waals surface area (Å²) in [6.07, 6.45) is -0.0576. The molecule has 10 rings (SSSR count). The zero-order chi connectivity index (χ0) is 52.9. The third-order valence-corrected chi connectivity index (χ3v) is 17.7. The molecule has 3 aromatic carbocycles. The molecule has 1 amide bonds. The Hall–Kier alpha value is -6.31. The van der Waals surface area contributed by atoms with Crippen molar-refractivity contribution < 1.29 is 65.9 Å². The monoisotopic (exact) mass is 1030 g/mol. The van der Waals surface area contributed by atoms with Crippen molar-refractivity contribution in [2.75, 3.05) is 73.1 Å². The average molecular weight is 1030 g/mol. The second-order valence-corrected chi connectivity index (χ2v) is 21.1. The number of fused-ring (bicyclic) bond motifs is 6. The van der Waals surface area contributed by atoms with Crippen LogP contribution in [0, 0.1) is 11.3 Å². The number of halogens is 3. The quantitative estimate of drug-likeness (QED) is 0.0861. The largest absolute Gasteiger partial charge is 0.573 e. The molecule has 1 unspecified atom stereocenters. The number of likely N-dealkylation sites (N-methyl/N-ethyl adjacent to an activating group) is 1. The molecular formula is C55H64F3N5O11. The van der Waals surface area contributed by atoms with Crippen LogP contribution in [-0.4, -0.2) is 148 Å². The number of aromatic amines is 1. The SMILES string of the molecule is CC[C@]1(NC(=O)c2ccc(OC)c(OC(F)(F)F)c2)C[C@H]2CN(CCc3c([nH]c4ccccc34)[C@@](C(=O)OC)(c3cc4c(cc3OC)N(C)[C@H]3[C@@](O)(C(=O)OC)[C@H](OC(C)=O)[C@]5(CC)C=CCN6CC[C@]43[C@@H]65)C2)C1. The minimum atomic E-state index is -5.03. The van der Waals surface area contributed by atoms with E-state index in [4.69, 9.17) is 23.7 Å². The van der Waals surface area contributed by atoms with Gasteiger partial charge in [-0.2, -0.15) is 0 Å². The van der Waals surface area contributed by atoms with Gasteiger partial charge in [-0.05, 0) is 92.4 Å². The summed E-state index contributed by atoms with van der Waals surface area (Å²) in [5.41, 5.74) is -2.85. The molecule has 1 aliphatic carbocycles. The molecule has 1 saturated carbocycles. The number of carbonyl (C=O) groups excluding carboxylic acids is 4. The van der Waals surface area contributed by atoms with E-state index in [0.717, 1.165) is 28.1 Å². The summed E-state index contributed by atoms with van der Waals surface area (Å²) >= 11 is 0. The first-order valence-corrected chi connectivity index (χ1v) is 25.3. The zero-order valence-corrected chi connectivity index (χ0v) is 42.9. The van der Waals surface area contributed by atoms with Crippen LogP contribution in [-0.2, 0) is 45.8 Å². The Bertz CT molecular complexity index is 2960. The lowest BCUT2D eigenvalue weighted by molar-refractivity contribution is -0.275. The van der Waals surface area contributed by atoms with Gasteiger partial charge >= 0.3 is 24.3 Å². The number of amides is 1. The van der Waals surface area contributed by atoms with Gasteiger partial charge in [0.05, 0.1) is 40.0 Å². The number of anilines is 1. The van der Waals surface area contributed by atoms with Crippen LogP contribution in [0.15, 0.2) is 66.7 Å². The maximum atomic E-state index is 15.8. The molecule has 0 radical (unpaired) electrons. The van der Waals surface area contributed by atoms with Crippen LogP contribution in [0.1, 0.15) is 85.6 Å². The maximum absolute atomic E-state index is 15.8. The van der Waals surface area contributed by atoms with Gasteiger partial charge in [0, 0.05) is 96.5 Å². The molecule has 2 saturated heterocycles. The Morgan fingerprint density at radius 1 is 0.878 bits per heavy atom. The summed E-state index contributed by atoms with van der Waals surface area (Å²) in [5, 5.41) is 17.6. The number of hydrogen-bond acceptors (Lipinski definition) is 14. The molecule has 396 valence electrons. The average Bonchev–Trinajstić information content (AvgIpc) is 4.05. The summed E-state index contributed by atoms with van der Waals surface area (Å²) in [6.45, 7) is 7.82. The van der Waals surface area contributed by atoms with Crippen LogP contribution >= 0.6 is 0 Å². The number of piperidine rings is 1. The second-order valence-electron chi connectivity index (χ2n) is 21.1. The van der Waals surface area contributed by atoms with Gasteiger partial charge in [-0.15, -0.1) is 13.2 Å². The van der Waals surface area contributed by atoms with Crippen molar-refractivity contribution in [1.82, 2.24) is 20.1 Å². The standard InChI is InChI=1S/C55H64F3N5O11/c1-9-50(60-44(65)33-16-17-40(69-5)42(24-33)74-55(56,57)58)27-32-28-53(48(66)71-7,43-35(18-22-62(29-32)30-50)34-14-11-12-15-38(34)59-43)37-25-36-39(26-41(37)70-6)61(4)46-52(36)20-23-63-21-13-19-51(10-2,45(52)63)47(73-31(3)64)54(46,68)49(67)72-8/h11-17,19,24-26,32,45-47,59,68H,9-10,18,20-23,27-30H2,1-8H3,(H,60,65)/t32-,45+,46-,47-,50+,51-,52-,53+,54+/m1/s1. The van der Waals surface area contributed by atoms with E-state index < -0.39 is 81.5 Å². The smallest absolute Gasteiger partial charge is 0.496 e. The van der Waals surface area contributed by atoms with Crippen LogP contribution in [0.2, 0.25) is 0 Å². The molecule has 3 N–H and O–H groups in total. The molecule has 3 fully saturated rings. The lowest BCUT2D eigenvalue weighted by Crippen LogP contribution is -2.81. The summed E-state index contributed by atoms with van der Waals surface area (Å²) in [5.74, 6) is -3.59. The Kier molecular flexibility index (Phi) is 12.6. The summed E-state index contributed by atoms with van der Waals surface area (Å²) in [6, 6.07) is 14.0. The molecule has 2 bridgehead atoms. The second kappa shape index (κ2) is 18.2. The van der Waals surface area contributed by atoms with Crippen LogP contribution in [0.3, 0.4) is 0 Å². The number of esters is 3. The Balaban J connectivity index is 1.17. The van der Waals surface area contributed by atoms with Gasteiger partial charge < -0.3 is 53.6 Å². The molecule has 6 aliphatic rings. The van der Waals surface area contributed by atoms with E-state index in [2.05, 4.69) is 24.8 Å². The number of alkyl halides is 3. The van der Waals surface area contributed by atoms with E-state index in [9.17, 15) is 32.7 Å². The molecule has 4 aromatic rings. The number of H-pyrrole nitrogens is 1. The van der Waals surface area contributed by atoms with E-state index in [0.29, 0.717) is 87.5 Å². The van der Waals surface area contributed by atoms with Crippen molar-refractivity contribution in [3.05, 3.63) is 94.7 Å². The predicted octanol–water partition coefficient (Wildman–Crippen LogP) is 6.34. The van der Waals surface area contributed by atoms with Crippen LogP contribution in [0.4, 0.5) is 18.9 Å². The number of nitrogens with zero attached hydrogens (tertiary/aromatic N) is 3. The van der Waals surface area contributed by atoms with Crippen molar-refractivity contribution in [2.45, 2.75) is 106 Å². The number of ether oxygens (including phenoxy) is 6. The summed E-state index contributed by atoms with van der Waals surface area (Å²) in [7, 11) is 7.14. The molecule has 6 heterocycles. The molecule has 5 aliphatic heterocycles. The Labute approximate surface area is 427 Å². The van der Waals surface area contributed by atoms with Crippen molar-refractivity contribution >= 4 is 40.4 Å². The predicted molar refractivity (Wildman–Crippen MR) is 265 cm³/mol. The molecule has 19 heteroatoms. The minimum absolute atomic E-state index is 0.0567. The highest BCUT2D eigenvalue weighted by Crippen LogP contribution is 2.68. The number of nitrogens with one attached hydrogen (secondary N) is 2. The fraction of sp³-hybridized carbons (Fsp3) is 0.527. The fourth-order valence-corrected chi connectivity index (χ4v) is 15.0. The highest BCUT2D eigenvalue weighted by molar-refractivity contribution is 5.96. The molecule has 1 spiro atoms. The number of rotatable bonds is 11. The van der Waals surface area contributed by atoms with Crippen LogP contribution in [0.5, 0.6) is 17.2 Å². The first-order chi connectivity index (χ1) is 35.2. The molecule has 10 atom stereocenters. The van der Waals surface area contributed by atoms with Crippen molar-refractivity contribution in [1.29, 1.82) is 0 Å². The molecule has 1 aromatic heterocycles. The van der Waals surface area contributed by atoms with Crippen LogP contribution < -0.4 is 24.4 Å². The molecule has 16 nitrogen and oxygen atoms in total. The van der Waals surface area contributed by atoms with Gasteiger partial charge in [0.1, 0.15) is 11.2 Å². The van der Waals surface area contributed by atoms with Gasteiger partial charge in [0.15, 0.2) is 17.6 Å². The van der Waals surface area contributed by atoms with Crippen LogP contribution in [0.25, 0.3) is 10.9 Å². The number of para-hydroxylation sites is 1. The third-order valence-electron chi connectivity index (χ3n) is 17.7.